The molecule has 1 N–H and O–H groups in total. The highest BCUT2D eigenvalue weighted by Crippen LogP contribution is 2.41. The molecule has 2 heterocycles. The van der Waals surface area contributed by atoms with Gasteiger partial charge in [-0.1, -0.05) is 41.6 Å². The molecule has 7 nitrogen and oxygen atoms in total. The van der Waals surface area contributed by atoms with E-state index >= 15 is 0 Å². The molecule has 1 aliphatic heterocycles. The number of aromatic nitrogens is 1. The number of fused-ring (bicyclic) bond motifs is 1. The van der Waals surface area contributed by atoms with Gasteiger partial charge < -0.3 is 23.9 Å². The van der Waals surface area contributed by atoms with E-state index in [1.54, 1.807) is 38.3 Å². The van der Waals surface area contributed by atoms with Crippen molar-refractivity contribution in [2.24, 2.45) is 4.99 Å². The van der Waals surface area contributed by atoms with Crippen LogP contribution in [0.15, 0.2) is 100 Å². The topological polar surface area (TPSA) is 82.3 Å². The first-order chi connectivity index (χ1) is 19.5. The summed E-state index contributed by atoms with van der Waals surface area (Å²) in [6, 6.07) is 22.4. The molecule has 0 radical (unpaired) electrons. The van der Waals surface area contributed by atoms with Crippen LogP contribution in [0.2, 0.25) is 5.02 Å². The van der Waals surface area contributed by atoms with Gasteiger partial charge in [0.1, 0.15) is 34.5 Å². The Morgan fingerprint density at radius 3 is 2.50 bits per heavy atom. The van der Waals surface area contributed by atoms with E-state index in [0.717, 1.165) is 28.0 Å². The maximum absolute atomic E-state index is 12.8. The Kier molecular flexibility index (Phi) is 8.48. The molecule has 5 rings (SSSR count). The van der Waals surface area contributed by atoms with E-state index in [4.69, 9.17) is 25.8 Å². The van der Waals surface area contributed by atoms with Crippen molar-refractivity contribution in [2.45, 2.75) is 13.5 Å². The Balaban J connectivity index is 1.44. The van der Waals surface area contributed by atoms with Crippen molar-refractivity contribution in [3.05, 3.63) is 106 Å². The Morgan fingerprint density at radius 1 is 1.05 bits per heavy atom. The van der Waals surface area contributed by atoms with E-state index in [1.165, 1.54) is 11.8 Å². The minimum atomic E-state index is -0.623. The van der Waals surface area contributed by atoms with Crippen molar-refractivity contribution in [3.63, 3.8) is 0 Å². The minimum absolute atomic E-state index is 0.0460. The van der Waals surface area contributed by atoms with Gasteiger partial charge in [-0.05, 0) is 67.6 Å². The number of esters is 1. The van der Waals surface area contributed by atoms with Gasteiger partial charge in [-0.25, -0.2) is 9.79 Å². The summed E-state index contributed by atoms with van der Waals surface area (Å²) in [7, 11) is 1.63. The second-order valence-electron chi connectivity index (χ2n) is 8.77. The van der Waals surface area contributed by atoms with E-state index < -0.39 is 5.97 Å². The lowest BCUT2D eigenvalue weighted by Gasteiger charge is -2.09. The summed E-state index contributed by atoms with van der Waals surface area (Å²) in [6.45, 7) is 2.98. The molecule has 204 valence electrons. The van der Waals surface area contributed by atoms with E-state index in [9.17, 15) is 9.90 Å². The van der Waals surface area contributed by atoms with Crippen molar-refractivity contribution in [3.8, 4) is 11.5 Å². The molecule has 0 aliphatic carbocycles. The summed E-state index contributed by atoms with van der Waals surface area (Å²) < 4.78 is 18.5. The number of carbonyl (C=O) groups is 1. The number of halogens is 1. The molecule has 0 saturated heterocycles. The molecular formula is C31H27ClN2O5S. The number of aliphatic imine (C=N–C) groups is 1. The third kappa shape index (κ3) is 6.03. The van der Waals surface area contributed by atoms with Crippen LogP contribution >= 0.6 is 23.4 Å². The maximum Gasteiger partial charge on any atom is 0.344 e. The number of para-hydroxylation sites is 1. The van der Waals surface area contributed by atoms with Gasteiger partial charge in [0.15, 0.2) is 0 Å². The summed E-state index contributed by atoms with van der Waals surface area (Å²) in [5, 5.41) is 13.1. The van der Waals surface area contributed by atoms with E-state index in [-0.39, 0.29) is 17.9 Å². The fourth-order valence-electron chi connectivity index (χ4n) is 4.27. The predicted octanol–water partition coefficient (Wildman–Crippen LogP) is 7.58. The van der Waals surface area contributed by atoms with Gasteiger partial charge in [0.05, 0.1) is 30.9 Å². The normalized spacial score (nSPS) is 15.3. The van der Waals surface area contributed by atoms with Crippen LogP contribution in [0.4, 0.5) is 5.69 Å². The summed E-state index contributed by atoms with van der Waals surface area (Å²) in [5.41, 5.74) is 2.57. The second-order valence-corrected chi connectivity index (χ2v) is 10.2. The van der Waals surface area contributed by atoms with Crippen LogP contribution in [0, 0.1) is 0 Å². The molecule has 0 atom stereocenters. The first-order valence-corrected chi connectivity index (χ1v) is 13.9. The molecule has 1 aliphatic rings. The van der Waals surface area contributed by atoms with Crippen LogP contribution in [0.25, 0.3) is 17.0 Å². The number of carbonyl (C=O) groups excluding carboxylic acids is 1. The van der Waals surface area contributed by atoms with Gasteiger partial charge in [-0.3, -0.25) is 0 Å². The number of hydrogen-bond acceptors (Lipinski definition) is 7. The lowest BCUT2D eigenvalue weighted by atomic mass is 10.1. The van der Waals surface area contributed by atoms with Gasteiger partial charge >= 0.3 is 5.97 Å². The van der Waals surface area contributed by atoms with Gasteiger partial charge in [-0.15, -0.1) is 0 Å². The molecule has 1 aromatic heterocycles. The highest BCUT2D eigenvalue weighted by atomic mass is 35.5. The highest BCUT2D eigenvalue weighted by molar-refractivity contribution is 8.18. The number of ether oxygens (including phenoxy) is 3. The molecule has 4 aromatic rings. The molecule has 0 amide bonds. The van der Waals surface area contributed by atoms with Gasteiger partial charge in [0, 0.05) is 27.7 Å². The predicted molar refractivity (Wildman–Crippen MR) is 161 cm³/mol. The van der Waals surface area contributed by atoms with Crippen molar-refractivity contribution in [2.75, 3.05) is 20.3 Å². The number of hydrogen-bond donors (Lipinski definition) is 1. The molecule has 3 aromatic carbocycles. The number of aliphatic hydroxyl groups excluding tert-OH is 1. The Hall–Kier alpha value is -4.14. The lowest BCUT2D eigenvalue weighted by molar-refractivity contribution is -0.138. The van der Waals surface area contributed by atoms with Crippen LogP contribution < -0.4 is 9.47 Å². The van der Waals surface area contributed by atoms with Crippen molar-refractivity contribution in [1.29, 1.82) is 0 Å². The molecule has 9 heteroatoms. The first kappa shape index (κ1) is 27.4. The molecule has 0 unspecified atom stereocenters. The Bertz CT molecular complexity index is 1620. The molecule has 40 heavy (non-hydrogen) atoms. The van der Waals surface area contributed by atoms with Crippen LogP contribution in [-0.2, 0) is 16.1 Å². The molecular weight excluding hydrogens is 548 g/mol. The van der Waals surface area contributed by atoms with Crippen LogP contribution in [0.3, 0.4) is 0 Å². The van der Waals surface area contributed by atoms with E-state index in [0.29, 0.717) is 33.8 Å². The van der Waals surface area contributed by atoms with Gasteiger partial charge in [-0.2, -0.15) is 0 Å². The summed E-state index contributed by atoms with van der Waals surface area (Å²) in [5.74, 6) is 0.754. The minimum Gasteiger partial charge on any atom is -0.506 e. The summed E-state index contributed by atoms with van der Waals surface area (Å²) in [4.78, 5) is 17.9. The zero-order valence-electron chi connectivity index (χ0n) is 22.0. The molecule has 0 bridgehead atoms. The molecule has 0 spiro atoms. The van der Waals surface area contributed by atoms with Crippen LogP contribution in [0.5, 0.6) is 11.5 Å². The SMILES string of the molecule is CCOC(=O)C1=C(O)/C(=C/c2cn(CCOc3ccc(OC)cc3)c3ccccc23)SC1=Nc1ccc(Cl)cc1. The average Bonchev–Trinajstić information content (AvgIpc) is 3.47. The average molecular weight is 575 g/mol. The fourth-order valence-corrected chi connectivity index (χ4v) is 5.43. The number of aliphatic hydroxyl groups is 1. The maximum atomic E-state index is 12.8. The number of rotatable bonds is 9. The molecule has 0 fully saturated rings. The number of thioether (sulfide) groups is 1. The van der Waals surface area contributed by atoms with E-state index in [1.807, 2.05) is 60.8 Å². The van der Waals surface area contributed by atoms with Crippen LogP contribution in [0.1, 0.15) is 12.5 Å². The number of nitrogens with zero attached hydrogens (tertiary/aromatic N) is 2. The Morgan fingerprint density at radius 2 is 1.77 bits per heavy atom. The zero-order chi connectivity index (χ0) is 28.1. The Labute approximate surface area is 241 Å². The van der Waals surface area contributed by atoms with Crippen LogP contribution in [-0.4, -0.2) is 41.0 Å². The van der Waals surface area contributed by atoms with Gasteiger partial charge in [0.25, 0.3) is 0 Å². The van der Waals surface area contributed by atoms with Crippen molar-refractivity contribution in [1.82, 2.24) is 4.57 Å². The fraction of sp³-hybridized carbons (Fsp3) is 0.161. The quantitative estimate of drug-likeness (QED) is 0.208. The zero-order valence-corrected chi connectivity index (χ0v) is 23.5. The number of methoxy groups -OCH3 is 1. The highest BCUT2D eigenvalue weighted by Gasteiger charge is 2.33. The largest absolute Gasteiger partial charge is 0.506 e. The van der Waals surface area contributed by atoms with E-state index in [2.05, 4.69) is 9.56 Å². The van der Waals surface area contributed by atoms with Crippen molar-refractivity contribution >= 4 is 57.0 Å². The summed E-state index contributed by atoms with van der Waals surface area (Å²) >= 11 is 7.23. The third-order valence-electron chi connectivity index (χ3n) is 6.19. The smallest absolute Gasteiger partial charge is 0.344 e. The van der Waals surface area contributed by atoms with Gasteiger partial charge in [0.2, 0.25) is 0 Å². The monoisotopic (exact) mass is 574 g/mol. The second kappa shape index (κ2) is 12.4. The summed E-state index contributed by atoms with van der Waals surface area (Å²) in [6.07, 6.45) is 3.88. The standard InChI is InChI=1S/C31H27ClN2O5S/c1-3-38-31(36)28-29(35)27(40-30(28)33-22-10-8-21(32)9-11-22)18-20-19-34(26-7-5-4-6-25(20)26)16-17-39-24-14-12-23(37-2)13-15-24/h4-15,18-19,35H,3,16-17H2,1-2H3/b27-18-,33-30?. The number of benzene rings is 3. The lowest BCUT2D eigenvalue weighted by Crippen LogP contribution is -2.12. The third-order valence-corrected chi connectivity index (χ3v) is 7.47. The van der Waals surface area contributed by atoms with Crippen molar-refractivity contribution < 1.29 is 24.1 Å². The molecule has 0 saturated carbocycles. The first-order valence-electron chi connectivity index (χ1n) is 12.7.